The summed E-state index contributed by atoms with van der Waals surface area (Å²) in [6.07, 6.45) is -4.57. The van der Waals surface area contributed by atoms with E-state index in [4.69, 9.17) is 16.3 Å². The van der Waals surface area contributed by atoms with E-state index in [0.29, 0.717) is 5.75 Å². The number of carbonyl (C=O) groups is 1. The Kier molecular flexibility index (Phi) is 5.72. The van der Waals surface area contributed by atoms with Crippen molar-refractivity contribution in [1.82, 2.24) is 0 Å². The number of halogens is 4. The average molecular weight is 358 g/mol. The quantitative estimate of drug-likeness (QED) is 0.810. The molecular weight excluding hydrogens is 343 g/mol. The molecule has 7 heteroatoms. The van der Waals surface area contributed by atoms with Crippen LogP contribution in [-0.4, -0.2) is 12.5 Å². The SMILES string of the molecule is Cc1ccc(OCCC(=O)Nc2ccc(Cl)c(C(F)(F)F)c2)cc1. The summed E-state index contributed by atoms with van der Waals surface area (Å²) >= 11 is 5.53. The Morgan fingerprint density at radius 2 is 1.83 bits per heavy atom. The minimum atomic E-state index is -4.58. The molecule has 0 aliphatic carbocycles. The number of hydrogen-bond donors (Lipinski definition) is 1. The van der Waals surface area contributed by atoms with Crippen LogP contribution in [0, 0.1) is 6.92 Å². The molecule has 24 heavy (non-hydrogen) atoms. The Morgan fingerprint density at radius 3 is 2.46 bits per heavy atom. The van der Waals surface area contributed by atoms with Gasteiger partial charge in [0.1, 0.15) is 5.75 Å². The molecular formula is C17H15ClF3NO2. The Bertz CT molecular complexity index is 715. The maximum atomic E-state index is 12.8. The van der Waals surface area contributed by atoms with E-state index < -0.39 is 22.7 Å². The summed E-state index contributed by atoms with van der Waals surface area (Å²) in [4.78, 5) is 11.8. The molecule has 1 amide bonds. The molecule has 0 saturated heterocycles. The zero-order valence-corrected chi connectivity index (χ0v) is 13.5. The highest BCUT2D eigenvalue weighted by molar-refractivity contribution is 6.31. The van der Waals surface area contributed by atoms with Crippen LogP contribution in [0.5, 0.6) is 5.75 Å². The third-order valence-corrected chi connectivity index (χ3v) is 3.50. The van der Waals surface area contributed by atoms with Gasteiger partial charge in [-0.15, -0.1) is 0 Å². The number of rotatable bonds is 5. The molecule has 0 aliphatic heterocycles. The molecule has 0 radical (unpaired) electrons. The third-order valence-electron chi connectivity index (χ3n) is 3.17. The molecule has 0 atom stereocenters. The van der Waals surface area contributed by atoms with Gasteiger partial charge in [-0.3, -0.25) is 4.79 Å². The van der Waals surface area contributed by atoms with Crippen molar-refractivity contribution < 1.29 is 22.7 Å². The van der Waals surface area contributed by atoms with E-state index in [0.717, 1.165) is 17.7 Å². The van der Waals surface area contributed by atoms with Gasteiger partial charge in [0.05, 0.1) is 23.6 Å². The number of amides is 1. The molecule has 2 aromatic carbocycles. The predicted molar refractivity (Wildman–Crippen MR) is 86.4 cm³/mol. The van der Waals surface area contributed by atoms with Gasteiger partial charge in [0.2, 0.25) is 5.91 Å². The zero-order chi connectivity index (χ0) is 17.7. The Labute approximate surface area is 142 Å². The number of alkyl halides is 3. The van der Waals surface area contributed by atoms with Crippen LogP contribution in [-0.2, 0) is 11.0 Å². The number of carbonyl (C=O) groups excluding carboxylic acids is 1. The van der Waals surface area contributed by atoms with Crippen molar-refractivity contribution in [2.75, 3.05) is 11.9 Å². The van der Waals surface area contributed by atoms with Gasteiger partial charge in [0.25, 0.3) is 0 Å². The highest BCUT2D eigenvalue weighted by Crippen LogP contribution is 2.36. The summed E-state index contributed by atoms with van der Waals surface area (Å²) in [5.74, 6) is 0.178. The molecule has 0 saturated carbocycles. The number of hydrogen-bond acceptors (Lipinski definition) is 2. The van der Waals surface area contributed by atoms with Gasteiger partial charge in [0, 0.05) is 5.69 Å². The van der Waals surface area contributed by atoms with Crippen molar-refractivity contribution in [3.63, 3.8) is 0 Å². The second-order valence-corrected chi connectivity index (χ2v) is 5.56. The van der Waals surface area contributed by atoms with Crippen LogP contribution in [0.3, 0.4) is 0 Å². The number of nitrogens with one attached hydrogen (secondary N) is 1. The topological polar surface area (TPSA) is 38.3 Å². The van der Waals surface area contributed by atoms with Crippen LogP contribution < -0.4 is 10.1 Å². The lowest BCUT2D eigenvalue weighted by Crippen LogP contribution is -2.16. The normalized spacial score (nSPS) is 11.2. The summed E-state index contributed by atoms with van der Waals surface area (Å²) in [6, 6.07) is 10.5. The van der Waals surface area contributed by atoms with Gasteiger partial charge < -0.3 is 10.1 Å². The van der Waals surface area contributed by atoms with E-state index >= 15 is 0 Å². The second kappa shape index (κ2) is 7.57. The van der Waals surface area contributed by atoms with Gasteiger partial charge in [-0.1, -0.05) is 29.3 Å². The summed E-state index contributed by atoms with van der Waals surface area (Å²) in [6.45, 7) is 2.06. The summed E-state index contributed by atoms with van der Waals surface area (Å²) in [5.41, 5.74) is 0.133. The first-order valence-electron chi connectivity index (χ1n) is 7.12. The molecule has 2 aromatic rings. The van der Waals surface area contributed by atoms with Crippen molar-refractivity contribution >= 4 is 23.2 Å². The Morgan fingerprint density at radius 1 is 1.17 bits per heavy atom. The van der Waals surface area contributed by atoms with Crippen LogP contribution in [0.2, 0.25) is 5.02 Å². The number of aryl methyl sites for hydroxylation is 1. The molecule has 1 N–H and O–H groups in total. The zero-order valence-electron chi connectivity index (χ0n) is 12.8. The first kappa shape index (κ1) is 18.1. The fraction of sp³-hybridized carbons (Fsp3) is 0.235. The average Bonchev–Trinajstić information content (AvgIpc) is 2.50. The van der Waals surface area contributed by atoms with Crippen LogP contribution in [0.15, 0.2) is 42.5 Å². The minimum Gasteiger partial charge on any atom is -0.493 e. The van der Waals surface area contributed by atoms with Gasteiger partial charge in [-0.2, -0.15) is 13.2 Å². The minimum absolute atomic E-state index is 0.0118. The molecule has 0 unspecified atom stereocenters. The highest BCUT2D eigenvalue weighted by Gasteiger charge is 2.33. The fourth-order valence-corrected chi connectivity index (χ4v) is 2.16. The molecule has 0 aliphatic rings. The lowest BCUT2D eigenvalue weighted by molar-refractivity contribution is -0.137. The van der Waals surface area contributed by atoms with Crippen molar-refractivity contribution in [1.29, 1.82) is 0 Å². The summed E-state index contributed by atoms with van der Waals surface area (Å²) in [7, 11) is 0. The number of benzene rings is 2. The van der Waals surface area contributed by atoms with E-state index in [9.17, 15) is 18.0 Å². The van der Waals surface area contributed by atoms with E-state index in [-0.39, 0.29) is 18.7 Å². The van der Waals surface area contributed by atoms with E-state index in [1.165, 1.54) is 6.07 Å². The summed E-state index contributed by atoms with van der Waals surface area (Å²) in [5, 5.41) is 1.99. The maximum absolute atomic E-state index is 12.8. The van der Waals surface area contributed by atoms with Gasteiger partial charge >= 0.3 is 6.18 Å². The smallest absolute Gasteiger partial charge is 0.417 e. The van der Waals surface area contributed by atoms with Crippen molar-refractivity contribution in [2.45, 2.75) is 19.5 Å². The highest BCUT2D eigenvalue weighted by atomic mass is 35.5. The molecule has 0 fully saturated rings. The largest absolute Gasteiger partial charge is 0.493 e. The molecule has 2 rings (SSSR count). The van der Waals surface area contributed by atoms with Crippen LogP contribution in [0.1, 0.15) is 17.5 Å². The fourth-order valence-electron chi connectivity index (χ4n) is 1.94. The van der Waals surface area contributed by atoms with Crippen molar-refractivity contribution in [3.05, 3.63) is 58.6 Å². The number of anilines is 1. The van der Waals surface area contributed by atoms with Gasteiger partial charge in [0.15, 0.2) is 0 Å². The maximum Gasteiger partial charge on any atom is 0.417 e. The molecule has 0 bridgehead atoms. The van der Waals surface area contributed by atoms with Crippen LogP contribution in [0.4, 0.5) is 18.9 Å². The molecule has 128 valence electrons. The van der Waals surface area contributed by atoms with Gasteiger partial charge in [-0.25, -0.2) is 0 Å². The van der Waals surface area contributed by atoms with Gasteiger partial charge in [-0.05, 0) is 37.3 Å². The molecule has 0 aromatic heterocycles. The van der Waals surface area contributed by atoms with Crippen LogP contribution >= 0.6 is 11.6 Å². The summed E-state index contributed by atoms with van der Waals surface area (Å²) < 4.78 is 43.7. The Balaban J connectivity index is 1.89. The third kappa shape index (κ3) is 5.16. The molecule has 0 heterocycles. The first-order valence-corrected chi connectivity index (χ1v) is 7.49. The van der Waals surface area contributed by atoms with E-state index in [2.05, 4.69) is 5.32 Å². The van der Waals surface area contributed by atoms with Crippen LogP contribution in [0.25, 0.3) is 0 Å². The standard InChI is InChI=1S/C17H15ClF3NO2/c1-11-2-5-13(6-3-11)24-9-8-16(23)22-12-4-7-15(18)14(10-12)17(19,20)21/h2-7,10H,8-9H2,1H3,(H,22,23). The first-order chi connectivity index (χ1) is 11.3. The number of ether oxygens (including phenoxy) is 1. The lowest BCUT2D eigenvalue weighted by atomic mass is 10.2. The van der Waals surface area contributed by atoms with Crippen molar-refractivity contribution in [2.24, 2.45) is 0 Å². The van der Waals surface area contributed by atoms with E-state index in [1.54, 1.807) is 12.1 Å². The molecule has 0 spiro atoms. The van der Waals surface area contributed by atoms with Crippen molar-refractivity contribution in [3.8, 4) is 5.75 Å². The lowest BCUT2D eigenvalue weighted by Gasteiger charge is -2.12. The Hall–Kier alpha value is -2.21. The van der Waals surface area contributed by atoms with E-state index in [1.807, 2.05) is 19.1 Å². The second-order valence-electron chi connectivity index (χ2n) is 5.15. The molecule has 3 nitrogen and oxygen atoms in total. The monoisotopic (exact) mass is 357 g/mol. The predicted octanol–water partition coefficient (Wildman–Crippen LogP) is 5.07.